The van der Waals surface area contributed by atoms with Gasteiger partial charge in [-0.3, -0.25) is 0 Å². The maximum Gasteiger partial charge on any atom is 0.225 e. The van der Waals surface area contributed by atoms with Crippen molar-refractivity contribution in [3.05, 3.63) is 24.0 Å². The molecule has 0 aromatic carbocycles. The SMILES string of the molecule is C=Cc1ncnc(Cl)n1. The van der Waals surface area contributed by atoms with E-state index < -0.39 is 0 Å². The smallest absolute Gasteiger partial charge is 0.217 e. The molecule has 0 aliphatic rings. The van der Waals surface area contributed by atoms with E-state index in [0.717, 1.165) is 0 Å². The van der Waals surface area contributed by atoms with Gasteiger partial charge in [0.1, 0.15) is 6.33 Å². The van der Waals surface area contributed by atoms with Gasteiger partial charge in [0.25, 0.3) is 0 Å². The predicted octanol–water partition coefficient (Wildman–Crippen LogP) is 1.17. The van der Waals surface area contributed by atoms with Crippen molar-refractivity contribution in [2.24, 2.45) is 0 Å². The summed E-state index contributed by atoms with van der Waals surface area (Å²) < 4.78 is 0. The van der Waals surface area contributed by atoms with Crippen molar-refractivity contribution in [2.75, 3.05) is 0 Å². The number of aromatic nitrogens is 3. The highest BCUT2D eigenvalue weighted by Gasteiger charge is 1.89. The van der Waals surface area contributed by atoms with Gasteiger partial charge in [-0.15, -0.1) is 0 Å². The monoisotopic (exact) mass is 141 g/mol. The summed E-state index contributed by atoms with van der Waals surface area (Å²) in [4.78, 5) is 11.0. The van der Waals surface area contributed by atoms with Crippen LogP contribution in [0.4, 0.5) is 0 Å². The van der Waals surface area contributed by atoms with Crippen LogP contribution in [0.3, 0.4) is 0 Å². The Bertz CT molecular complexity index is 223. The Balaban J connectivity index is 3.07. The largest absolute Gasteiger partial charge is 0.225 e. The van der Waals surface area contributed by atoms with Crippen LogP contribution in [0, 0.1) is 0 Å². The Kier molecular flexibility index (Phi) is 1.75. The average Bonchev–Trinajstić information content (AvgIpc) is 1.88. The molecule has 0 atom stereocenters. The molecule has 4 heteroatoms. The van der Waals surface area contributed by atoms with Gasteiger partial charge in [0.15, 0.2) is 5.82 Å². The molecule has 0 amide bonds. The summed E-state index contributed by atoms with van der Waals surface area (Å²) >= 11 is 5.41. The van der Waals surface area contributed by atoms with Gasteiger partial charge in [-0.05, 0) is 17.7 Å². The Morgan fingerprint density at radius 2 is 2.33 bits per heavy atom. The minimum atomic E-state index is 0.194. The molecule has 0 N–H and O–H groups in total. The lowest BCUT2D eigenvalue weighted by Crippen LogP contribution is -1.88. The van der Waals surface area contributed by atoms with Crippen LogP contribution in [0.1, 0.15) is 5.82 Å². The van der Waals surface area contributed by atoms with Crippen molar-refractivity contribution in [3.8, 4) is 0 Å². The molecule has 0 unspecified atom stereocenters. The molecule has 1 aromatic rings. The van der Waals surface area contributed by atoms with Crippen molar-refractivity contribution in [1.29, 1.82) is 0 Å². The molecule has 0 radical (unpaired) electrons. The van der Waals surface area contributed by atoms with Gasteiger partial charge in [0.05, 0.1) is 0 Å². The molecule has 9 heavy (non-hydrogen) atoms. The third-order valence-corrected chi connectivity index (χ3v) is 0.926. The fourth-order valence-corrected chi connectivity index (χ4v) is 0.517. The number of halogens is 1. The molecular weight excluding hydrogens is 138 g/mol. The van der Waals surface area contributed by atoms with Crippen LogP contribution in [-0.2, 0) is 0 Å². The van der Waals surface area contributed by atoms with Gasteiger partial charge in [0.2, 0.25) is 5.28 Å². The Hall–Kier alpha value is -0.960. The first kappa shape index (κ1) is 6.16. The molecule has 0 aliphatic heterocycles. The van der Waals surface area contributed by atoms with Crippen LogP contribution in [0.15, 0.2) is 12.9 Å². The van der Waals surface area contributed by atoms with E-state index in [4.69, 9.17) is 11.6 Å². The standard InChI is InChI=1S/C5H4ClN3/c1-2-4-7-3-8-5(6)9-4/h2-3H,1H2. The van der Waals surface area contributed by atoms with Crippen LogP contribution >= 0.6 is 11.6 Å². The quantitative estimate of drug-likeness (QED) is 0.589. The Labute approximate surface area is 57.4 Å². The van der Waals surface area contributed by atoms with Crippen molar-refractivity contribution in [3.63, 3.8) is 0 Å². The molecule has 3 nitrogen and oxygen atoms in total. The topological polar surface area (TPSA) is 38.7 Å². The summed E-state index contributed by atoms with van der Waals surface area (Å²) in [5.41, 5.74) is 0. The maximum atomic E-state index is 5.41. The lowest BCUT2D eigenvalue weighted by atomic mass is 10.6. The van der Waals surface area contributed by atoms with E-state index >= 15 is 0 Å². The lowest BCUT2D eigenvalue weighted by Gasteiger charge is -1.87. The average molecular weight is 142 g/mol. The molecule has 0 spiro atoms. The van der Waals surface area contributed by atoms with E-state index in [9.17, 15) is 0 Å². The van der Waals surface area contributed by atoms with Gasteiger partial charge in [-0.1, -0.05) is 6.58 Å². The van der Waals surface area contributed by atoms with Crippen LogP contribution < -0.4 is 0 Å². The number of rotatable bonds is 1. The van der Waals surface area contributed by atoms with E-state index in [0.29, 0.717) is 5.82 Å². The first-order valence-electron chi connectivity index (χ1n) is 2.30. The van der Waals surface area contributed by atoms with Gasteiger partial charge in [0, 0.05) is 0 Å². The third-order valence-electron chi connectivity index (χ3n) is 0.744. The van der Waals surface area contributed by atoms with E-state index in [1.54, 1.807) is 0 Å². The molecule has 0 saturated carbocycles. The van der Waals surface area contributed by atoms with Crippen LogP contribution in [0.2, 0.25) is 5.28 Å². The summed E-state index contributed by atoms with van der Waals surface area (Å²) in [5, 5.41) is 0.194. The molecule has 1 heterocycles. The van der Waals surface area contributed by atoms with Crippen LogP contribution in [-0.4, -0.2) is 15.0 Å². The molecule has 46 valence electrons. The van der Waals surface area contributed by atoms with Crippen LogP contribution in [0.25, 0.3) is 6.08 Å². The second-order valence-electron chi connectivity index (χ2n) is 1.32. The summed E-state index contributed by atoms with van der Waals surface area (Å²) in [6.45, 7) is 3.46. The second-order valence-corrected chi connectivity index (χ2v) is 1.65. The lowest BCUT2D eigenvalue weighted by molar-refractivity contribution is 1.03. The summed E-state index contributed by atoms with van der Waals surface area (Å²) in [5.74, 6) is 0.495. The van der Waals surface area contributed by atoms with E-state index in [1.165, 1.54) is 12.4 Å². The summed E-state index contributed by atoms with van der Waals surface area (Å²) in [6.07, 6.45) is 2.85. The zero-order valence-electron chi connectivity index (χ0n) is 4.58. The van der Waals surface area contributed by atoms with Crippen molar-refractivity contribution in [2.45, 2.75) is 0 Å². The molecule has 0 fully saturated rings. The fraction of sp³-hybridized carbons (Fsp3) is 0. The molecule has 1 rings (SSSR count). The number of nitrogens with zero attached hydrogens (tertiary/aromatic N) is 3. The Morgan fingerprint density at radius 1 is 1.56 bits per heavy atom. The minimum Gasteiger partial charge on any atom is -0.217 e. The molecule has 0 aliphatic carbocycles. The summed E-state index contributed by atoms with van der Waals surface area (Å²) in [6, 6.07) is 0. The van der Waals surface area contributed by atoms with Gasteiger partial charge >= 0.3 is 0 Å². The molecule has 1 aromatic heterocycles. The van der Waals surface area contributed by atoms with E-state index in [1.807, 2.05) is 0 Å². The predicted molar refractivity (Wildman–Crippen MR) is 34.9 cm³/mol. The third kappa shape index (κ3) is 1.47. The van der Waals surface area contributed by atoms with E-state index in [2.05, 4.69) is 21.5 Å². The van der Waals surface area contributed by atoms with Gasteiger partial charge in [-0.25, -0.2) is 9.97 Å². The Morgan fingerprint density at radius 3 is 2.78 bits per heavy atom. The van der Waals surface area contributed by atoms with Crippen LogP contribution in [0.5, 0.6) is 0 Å². The highest BCUT2D eigenvalue weighted by molar-refractivity contribution is 6.28. The van der Waals surface area contributed by atoms with Crippen molar-refractivity contribution < 1.29 is 0 Å². The number of hydrogen-bond donors (Lipinski definition) is 0. The zero-order valence-corrected chi connectivity index (χ0v) is 5.34. The highest BCUT2D eigenvalue weighted by atomic mass is 35.5. The molecular formula is C5H4ClN3. The molecule has 0 saturated heterocycles. The fourth-order valence-electron chi connectivity index (χ4n) is 0.386. The zero-order chi connectivity index (χ0) is 6.69. The first-order chi connectivity index (χ1) is 4.33. The van der Waals surface area contributed by atoms with Crippen molar-refractivity contribution >= 4 is 17.7 Å². The van der Waals surface area contributed by atoms with Gasteiger partial charge < -0.3 is 0 Å². The second kappa shape index (κ2) is 2.55. The maximum absolute atomic E-state index is 5.41. The van der Waals surface area contributed by atoms with Crippen molar-refractivity contribution in [1.82, 2.24) is 15.0 Å². The molecule has 0 bridgehead atoms. The van der Waals surface area contributed by atoms with E-state index in [-0.39, 0.29) is 5.28 Å². The normalized spacial score (nSPS) is 9.00. The highest BCUT2D eigenvalue weighted by Crippen LogP contribution is 1.97. The van der Waals surface area contributed by atoms with Gasteiger partial charge in [-0.2, -0.15) is 4.98 Å². The summed E-state index contributed by atoms with van der Waals surface area (Å²) in [7, 11) is 0. The minimum absolute atomic E-state index is 0.194. The first-order valence-corrected chi connectivity index (χ1v) is 2.67. The number of hydrogen-bond acceptors (Lipinski definition) is 3.